The minimum absolute atomic E-state index is 0.168. The van der Waals surface area contributed by atoms with Gasteiger partial charge in [0.1, 0.15) is 0 Å². The first-order valence-electron chi connectivity index (χ1n) is 5.36. The summed E-state index contributed by atoms with van der Waals surface area (Å²) in [6.07, 6.45) is 0. The van der Waals surface area contributed by atoms with Crippen molar-refractivity contribution in [3.63, 3.8) is 0 Å². The van der Waals surface area contributed by atoms with Crippen LogP contribution in [0.3, 0.4) is 0 Å². The topological polar surface area (TPSA) is 65.4 Å². The Kier molecular flexibility index (Phi) is 1.99. The van der Waals surface area contributed by atoms with Crippen molar-refractivity contribution in [1.82, 2.24) is 14.6 Å². The van der Waals surface area contributed by atoms with Crippen LogP contribution in [0.15, 0.2) is 18.2 Å². The van der Waals surface area contributed by atoms with Crippen LogP contribution in [-0.4, -0.2) is 34.4 Å². The number of fused-ring (bicyclic) bond motifs is 1. The Morgan fingerprint density at radius 3 is 2.88 bits per heavy atom. The zero-order valence-corrected chi connectivity index (χ0v) is 9.18. The summed E-state index contributed by atoms with van der Waals surface area (Å²) < 4.78 is 7.09. The lowest BCUT2D eigenvalue weighted by molar-refractivity contribution is -0.0592. The van der Waals surface area contributed by atoms with Gasteiger partial charge in [0.25, 0.3) is 0 Å². The van der Waals surface area contributed by atoms with E-state index in [0.29, 0.717) is 19.8 Å². The molecule has 0 aliphatic carbocycles. The number of rotatable bonds is 2. The van der Waals surface area contributed by atoms with Crippen LogP contribution in [0.4, 0.5) is 0 Å². The van der Waals surface area contributed by atoms with Crippen molar-refractivity contribution in [2.45, 2.75) is 12.3 Å². The van der Waals surface area contributed by atoms with Gasteiger partial charge in [-0.2, -0.15) is 5.10 Å². The van der Waals surface area contributed by atoms with Crippen LogP contribution in [-0.2, 0) is 10.2 Å². The highest BCUT2D eigenvalue weighted by Crippen LogP contribution is 2.29. The lowest BCUT2D eigenvalue weighted by Crippen LogP contribution is -2.53. The van der Waals surface area contributed by atoms with Crippen molar-refractivity contribution < 1.29 is 4.74 Å². The maximum Gasteiger partial charge on any atom is 0.163 e. The van der Waals surface area contributed by atoms with Crippen LogP contribution >= 0.6 is 0 Å². The summed E-state index contributed by atoms with van der Waals surface area (Å²) in [6.45, 7) is 3.79. The van der Waals surface area contributed by atoms with Gasteiger partial charge >= 0.3 is 0 Å². The number of hydrogen-bond donors (Lipinski definition) is 1. The fraction of sp³-hybridized carbons (Fsp3) is 0.455. The monoisotopic (exact) mass is 218 g/mol. The predicted octanol–water partition coefficient (Wildman–Crippen LogP) is 0.264. The summed E-state index contributed by atoms with van der Waals surface area (Å²) in [5.74, 6) is 0.801. The molecule has 0 unspecified atom stereocenters. The zero-order chi connectivity index (χ0) is 11.2. The van der Waals surface area contributed by atoms with E-state index in [4.69, 9.17) is 10.5 Å². The van der Waals surface area contributed by atoms with Gasteiger partial charge in [-0.1, -0.05) is 6.07 Å². The second-order valence-electron chi connectivity index (χ2n) is 4.35. The third kappa shape index (κ3) is 1.19. The van der Waals surface area contributed by atoms with Gasteiger partial charge in [-0.25, -0.2) is 9.50 Å². The van der Waals surface area contributed by atoms with Gasteiger partial charge in [-0.15, -0.1) is 0 Å². The normalized spacial score (nSPS) is 18.6. The Morgan fingerprint density at radius 1 is 1.50 bits per heavy atom. The fourth-order valence-electron chi connectivity index (χ4n) is 1.95. The molecular formula is C11H14N4O. The standard InChI is InChI=1S/C11H14N4O/c1-8-3-2-4-9-13-10(14-15(8)9)11(5-12)6-16-7-11/h2-4H,5-7,12H2,1H3. The minimum Gasteiger partial charge on any atom is -0.379 e. The van der Waals surface area contributed by atoms with Gasteiger partial charge in [0, 0.05) is 12.2 Å². The summed E-state index contributed by atoms with van der Waals surface area (Å²) in [5, 5.41) is 4.52. The van der Waals surface area contributed by atoms with E-state index in [0.717, 1.165) is 17.2 Å². The Bertz CT molecular complexity index is 524. The van der Waals surface area contributed by atoms with Gasteiger partial charge in [-0.3, -0.25) is 0 Å². The second kappa shape index (κ2) is 3.26. The molecule has 1 aliphatic rings. The molecule has 5 nitrogen and oxygen atoms in total. The van der Waals surface area contributed by atoms with E-state index < -0.39 is 0 Å². The molecule has 0 bridgehead atoms. The van der Waals surface area contributed by atoms with Crippen LogP contribution in [0, 0.1) is 6.92 Å². The van der Waals surface area contributed by atoms with Crippen LogP contribution in [0.5, 0.6) is 0 Å². The van der Waals surface area contributed by atoms with Crippen molar-refractivity contribution >= 4 is 5.65 Å². The third-order valence-electron chi connectivity index (χ3n) is 3.17. The van der Waals surface area contributed by atoms with E-state index in [1.165, 1.54) is 0 Å². The molecule has 2 aromatic rings. The number of aromatic nitrogens is 3. The van der Waals surface area contributed by atoms with Crippen LogP contribution in [0.2, 0.25) is 0 Å². The van der Waals surface area contributed by atoms with Gasteiger partial charge in [0.05, 0.1) is 18.6 Å². The summed E-state index contributed by atoms with van der Waals surface area (Å²) in [4.78, 5) is 4.53. The Balaban J connectivity index is 2.15. The largest absolute Gasteiger partial charge is 0.379 e. The predicted molar refractivity (Wildman–Crippen MR) is 59.3 cm³/mol. The molecule has 16 heavy (non-hydrogen) atoms. The van der Waals surface area contributed by atoms with Gasteiger partial charge in [0.2, 0.25) is 0 Å². The lowest BCUT2D eigenvalue weighted by Gasteiger charge is -2.37. The number of nitrogens with zero attached hydrogens (tertiary/aromatic N) is 3. The number of hydrogen-bond acceptors (Lipinski definition) is 4. The summed E-state index contributed by atoms with van der Waals surface area (Å²) in [6, 6.07) is 5.95. The molecule has 1 fully saturated rings. The molecular weight excluding hydrogens is 204 g/mol. The van der Waals surface area contributed by atoms with E-state index in [2.05, 4.69) is 10.1 Å². The third-order valence-corrected chi connectivity index (χ3v) is 3.17. The average molecular weight is 218 g/mol. The summed E-state index contributed by atoms with van der Waals surface area (Å²) in [7, 11) is 0. The van der Waals surface area contributed by atoms with Crippen LogP contribution in [0.25, 0.3) is 5.65 Å². The number of ether oxygens (including phenoxy) is 1. The molecule has 84 valence electrons. The van der Waals surface area contributed by atoms with Crippen LogP contribution < -0.4 is 5.73 Å². The Labute approximate surface area is 93.2 Å². The molecule has 3 rings (SSSR count). The molecule has 0 radical (unpaired) electrons. The van der Waals surface area contributed by atoms with Crippen LogP contribution in [0.1, 0.15) is 11.5 Å². The fourth-order valence-corrected chi connectivity index (χ4v) is 1.95. The van der Waals surface area contributed by atoms with E-state index in [-0.39, 0.29) is 5.41 Å². The highest BCUT2D eigenvalue weighted by Gasteiger charge is 2.42. The van der Waals surface area contributed by atoms with E-state index in [9.17, 15) is 0 Å². The number of aryl methyl sites for hydroxylation is 1. The molecule has 0 amide bonds. The Morgan fingerprint density at radius 2 is 2.31 bits per heavy atom. The first kappa shape index (κ1) is 9.74. The first-order valence-corrected chi connectivity index (χ1v) is 5.36. The Hall–Kier alpha value is -1.46. The number of nitrogens with two attached hydrogens (primary N) is 1. The van der Waals surface area contributed by atoms with Crippen molar-refractivity contribution in [2.75, 3.05) is 19.8 Å². The number of pyridine rings is 1. The molecule has 0 spiro atoms. The second-order valence-corrected chi connectivity index (χ2v) is 4.35. The highest BCUT2D eigenvalue weighted by atomic mass is 16.5. The van der Waals surface area contributed by atoms with E-state index in [1.807, 2.05) is 29.6 Å². The molecule has 0 atom stereocenters. The van der Waals surface area contributed by atoms with Crippen molar-refractivity contribution in [2.24, 2.45) is 5.73 Å². The average Bonchev–Trinajstić information content (AvgIpc) is 2.62. The van der Waals surface area contributed by atoms with Gasteiger partial charge in [-0.05, 0) is 19.1 Å². The molecule has 5 heteroatoms. The van der Waals surface area contributed by atoms with Crippen molar-refractivity contribution in [1.29, 1.82) is 0 Å². The van der Waals surface area contributed by atoms with Gasteiger partial charge < -0.3 is 10.5 Å². The molecule has 1 aliphatic heterocycles. The molecule has 2 N–H and O–H groups in total. The summed E-state index contributed by atoms with van der Waals surface area (Å²) >= 11 is 0. The molecule has 2 aromatic heterocycles. The molecule has 0 aromatic carbocycles. The first-order chi connectivity index (χ1) is 7.75. The zero-order valence-electron chi connectivity index (χ0n) is 9.18. The molecule has 0 saturated carbocycles. The molecule has 1 saturated heterocycles. The SMILES string of the molecule is Cc1cccc2nc(C3(CN)COC3)nn12. The van der Waals surface area contributed by atoms with Gasteiger partial charge in [0.15, 0.2) is 11.5 Å². The van der Waals surface area contributed by atoms with E-state index in [1.54, 1.807) is 0 Å². The van der Waals surface area contributed by atoms with E-state index >= 15 is 0 Å². The lowest BCUT2D eigenvalue weighted by atomic mass is 9.85. The molecule has 3 heterocycles. The smallest absolute Gasteiger partial charge is 0.163 e. The highest BCUT2D eigenvalue weighted by molar-refractivity contribution is 5.40. The quantitative estimate of drug-likeness (QED) is 0.785. The van der Waals surface area contributed by atoms with Crippen molar-refractivity contribution in [3.05, 3.63) is 29.7 Å². The maximum atomic E-state index is 5.79. The summed E-state index contributed by atoms with van der Waals surface area (Å²) in [5.41, 5.74) is 7.57. The van der Waals surface area contributed by atoms with Crippen molar-refractivity contribution in [3.8, 4) is 0 Å². The maximum absolute atomic E-state index is 5.79. The minimum atomic E-state index is -0.168.